The van der Waals surface area contributed by atoms with Crippen molar-refractivity contribution < 1.29 is 4.79 Å². The third-order valence-corrected chi connectivity index (χ3v) is 4.25. The summed E-state index contributed by atoms with van der Waals surface area (Å²) >= 11 is 6.11. The van der Waals surface area contributed by atoms with Gasteiger partial charge in [-0.15, -0.1) is 0 Å². The Morgan fingerprint density at radius 2 is 2.05 bits per heavy atom. The van der Waals surface area contributed by atoms with Gasteiger partial charge < -0.3 is 4.98 Å². The van der Waals surface area contributed by atoms with Crippen molar-refractivity contribution in [1.29, 1.82) is 0 Å². The monoisotopic (exact) mass is 277 g/mol. The Kier molecular flexibility index (Phi) is 3.73. The van der Waals surface area contributed by atoms with E-state index in [1.165, 1.54) is 0 Å². The first-order chi connectivity index (χ1) is 8.80. The molecule has 0 aliphatic carbocycles. The first-order valence-corrected chi connectivity index (χ1v) is 6.97. The molecule has 3 heteroatoms. The summed E-state index contributed by atoms with van der Waals surface area (Å²) in [6, 6.07) is 5.64. The Morgan fingerprint density at radius 3 is 2.68 bits per heavy atom. The summed E-state index contributed by atoms with van der Waals surface area (Å²) in [5, 5.41) is 1.57. The van der Waals surface area contributed by atoms with E-state index in [1.54, 1.807) is 6.20 Å². The fourth-order valence-corrected chi connectivity index (χ4v) is 2.27. The SMILES string of the molecule is CC(CC(=O)c1c[nH]c2c(Cl)cccc12)C(C)(C)C. The van der Waals surface area contributed by atoms with Crippen molar-refractivity contribution >= 4 is 28.3 Å². The van der Waals surface area contributed by atoms with Crippen LogP contribution in [0.4, 0.5) is 0 Å². The fourth-order valence-electron chi connectivity index (χ4n) is 2.04. The number of ketones is 1. The average Bonchev–Trinajstić information content (AvgIpc) is 2.72. The minimum atomic E-state index is 0.138. The number of halogens is 1. The van der Waals surface area contributed by atoms with Crippen molar-refractivity contribution in [1.82, 2.24) is 4.98 Å². The van der Waals surface area contributed by atoms with Gasteiger partial charge in [-0.2, -0.15) is 0 Å². The second kappa shape index (κ2) is 5.01. The molecule has 0 aliphatic heterocycles. The maximum Gasteiger partial charge on any atom is 0.165 e. The molecule has 0 radical (unpaired) electrons. The van der Waals surface area contributed by atoms with Gasteiger partial charge in [-0.3, -0.25) is 4.79 Å². The predicted octanol–water partition coefficient (Wildman–Crippen LogP) is 5.08. The molecule has 0 amide bonds. The Morgan fingerprint density at radius 1 is 1.37 bits per heavy atom. The summed E-state index contributed by atoms with van der Waals surface area (Å²) in [5.41, 5.74) is 1.73. The van der Waals surface area contributed by atoms with Crippen molar-refractivity contribution in [2.24, 2.45) is 11.3 Å². The quantitative estimate of drug-likeness (QED) is 0.780. The highest BCUT2D eigenvalue weighted by atomic mass is 35.5. The molecule has 1 aromatic carbocycles. The molecule has 0 bridgehead atoms. The molecule has 1 atom stereocenters. The summed E-state index contributed by atoms with van der Waals surface area (Å²) < 4.78 is 0. The van der Waals surface area contributed by atoms with Crippen LogP contribution in [0.25, 0.3) is 10.9 Å². The van der Waals surface area contributed by atoms with Gasteiger partial charge in [-0.05, 0) is 17.4 Å². The molecule has 102 valence electrons. The van der Waals surface area contributed by atoms with E-state index >= 15 is 0 Å². The van der Waals surface area contributed by atoms with Crippen LogP contribution in [0.3, 0.4) is 0 Å². The van der Waals surface area contributed by atoms with Crippen LogP contribution in [-0.4, -0.2) is 10.8 Å². The zero-order valence-corrected chi connectivity index (χ0v) is 12.6. The zero-order valence-electron chi connectivity index (χ0n) is 11.9. The van der Waals surface area contributed by atoms with Crippen LogP contribution in [0, 0.1) is 11.3 Å². The third-order valence-electron chi connectivity index (χ3n) is 3.94. The summed E-state index contributed by atoms with van der Waals surface area (Å²) in [5.74, 6) is 0.514. The molecule has 1 N–H and O–H groups in total. The number of aromatic amines is 1. The van der Waals surface area contributed by atoms with Crippen molar-refractivity contribution in [3.63, 3.8) is 0 Å². The second-order valence-corrected chi connectivity index (χ2v) is 6.67. The molecule has 2 aromatic rings. The van der Waals surface area contributed by atoms with Crippen LogP contribution >= 0.6 is 11.6 Å². The van der Waals surface area contributed by atoms with Crippen molar-refractivity contribution in [3.05, 3.63) is 35.0 Å². The number of Topliss-reactive ketones (excluding diaryl/α,β-unsaturated/α-hetero) is 1. The predicted molar refractivity (Wildman–Crippen MR) is 80.9 cm³/mol. The standard InChI is InChI=1S/C16H20ClNO/c1-10(16(2,3)4)8-14(19)12-9-18-15-11(12)6-5-7-13(15)17/h5-7,9-10,18H,8H2,1-4H3. The van der Waals surface area contributed by atoms with E-state index in [0.717, 1.165) is 16.5 Å². The number of hydrogen-bond acceptors (Lipinski definition) is 1. The molecule has 0 saturated heterocycles. The topological polar surface area (TPSA) is 32.9 Å². The minimum Gasteiger partial charge on any atom is -0.359 e. The van der Waals surface area contributed by atoms with Gasteiger partial charge >= 0.3 is 0 Å². The summed E-state index contributed by atoms with van der Waals surface area (Å²) in [7, 11) is 0. The average molecular weight is 278 g/mol. The molecular weight excluding hydrogens is 258 g/mol. The van der Waals surface area contributed by atoms with Gasteiger partial charge in [0, 0.05) is 23.6 Å². The molecule has 0 saturated carbocycles. The lowest BCUT2D eigenvalue weighted by Gasteiger charge is -2.26. The number of carbonyl (C=O) groups is 1. The molecule has 1 heterocycles. The van der Waals surface area contributed by atoms with Crippen LogP contribution in [0.1, 0.15) is 44.5 Å². The maximum absolute atomic E-state index is 12.4. The number of nitrogens with one attached hydrogen (secondary N) is 1. The number of fused-ring (bicyclic) bond motifs is 1. The van der Waals surface area contributed by atoms with E-state index in [-0.39, 0.29) is 11.2 Å². The Labute approximate surface area is 119 Å². The van der Waals surface area contributed by atoms with E-state index in [2.05, 4.69) is 32.7 Å². The Hall–Kier alpha value is -1.28. The number of rotatable bonds is 3. The number of H-pyrrole nitrogens is 1. The normalized spacial score (nSPS) is 13.7. The fraction of sp³-hybridized carbons (Fsp3) is 0.438. The lowest BCUT2D eigenvalue weighted by Crippen LogP contribution is -2.20. The van der Waals surface area contributed by atoms with Gasteiger partial charge in [0.25, 0.3) is 0 Å². The highest BCUT2D eigenvalue weighted by Gasteiger charge is 2.24. The van der Waals surface area contributed by atoms with Gasteiger partial charge in [-0.25, -0.2) is 0 Å². The number of aromatic nitrogens is 1. The van der Waals surface area contributed by atoms with E-state index < -0.39 is 0 Å². The molecule has 19 heavy (non-hydrogen) atoms. The van der Waals surface area contributed by atoms with Gasteiger partial charge in [0.15, 0.2) is 5.78 Å². The van der Waals surface area contributed by atoms with Gasteiger partial charge in [0.05, 0.1) is 10.5 Å². The van der Waals surface area contributed by atoms with E-state index in [0.29, 0.717) is 17.4 Å². The Bertz CT molecular complexity index is 607. The lowest BCUT2D eigenvalue weighted by atomic mass is 9.78. The van der Waals surface area contributed by atoms with Crippen LogP contribution in [-0.2, 0) is 0 Å². The first kappa shape index (κ1) is 14.1. The number of para-hydroxylation sites is 1. The zero-order chi connectivity index (χ0) is 14.2. The maximum atomic E-state index is 12.4. The van der Waals surface area contributed by atoms with Crippen molar-refractivity contribution in [3.8, 4) is 0 Å². The molecule has 0 spiro atoms. The van der Waals surface area contributed by atoms with E-state index in [4.69, 9.17) is 11.6 Å². The highest BCUT2D eigenvalue weighted by Crippen LogP contribution is 2.31. The summed E-state index contributed by atoms with van der Waals surface area (Å²) in [6.45, 7) is 8.62. The molecule has 0 fully saturated rings. The molecule has 0 aliphatic rings. The number of benzene rings is 1. The minimum absolute atomic E-state index is 0.138. The molecular formula is C16H20ClNO. The van der Waals surface area contributed by atoms with E-state index in [1.807, 2.05) is 18.2 Å². The van der Waals surface area contributed by atoms with Crippen molar-refractivity contribution in [2.75, 3.05) is 0 Å². The van der Waals surface area contributed by atoms with Gasteiger partial charge in [0.1, 0.15) is 0 Å². The number of hydrogen-bond donors (Lipinski definition) is 1. The molecule has 2 rings (SSSR count). The van der Waals surface area contributed by atoms with Crippen LogP contribution in [0.15, 0.2) is 24.4 Å². The largest absolute Gasteiger partial charge is 0.359 e. The second-order valence-electron chi connectivity index (χ2n) is 6.26. The number of carbonyl (C=O) groups excluding carboxylic acids is 1. The summed E-state index contributed by atoms with van der Waals surface area (Å²) in [4.78, 5) is 15.5. The van der Waals surface area contributed by atoms with E-state index in [9.17, 15) is 4.79 Å². The third kappa shape index (κ3) is 2.84. The van der Waals surface area contributed by atoms with Gasteiger partial charge in [0.2, 0.25) is 0 Å². The highest BCUT2D eigenvalue weighted by molar-refractivity contribution is 6.35. The first-order valence-electron chi connectivity index (χ1n) is 6.59. The van der Waals surface area contributed by atoms with Crippen LogP contribution in [0.2, 0.25) is 5.02 Å². The van der Waals surface area contributed by atoms with Gasteiger partial charge in [-0.1, -0.05) is 51.4 Å². The Balaban J connectivity index is 2.30. The lowest BCUT2D eigenvalue weighted by molar-refractivity contribution is 0.0929. The molecule has 1 aromatic heterocycles. The van der Waals surface area contributed by atoms with Crippen molar-refractivity contribution in [2.45, 2.75) is 34.1 Å². The van der Waals surface area contributed by atoms with Crippen LogP contribution in [0.5, 0.6) is 0 Å². The van der Waals surface area contributed by atoms with Crippen LogP contribution < -0.4 is 0 Å². The molecule has 2 nitrogen and oxygen atoms in total. The molecule has 1 unspecified atom stereocenters. The smallest absolute Gasteiger partial charge is 0.165 e. The summed E-state index contributed by atoms with van der Waals surface area (Å²) in [6.07, 6.45) is 2.33.